The van der Waals surface area contributed by atoms with E-state index in [4.69, 9.17) is 17.2 Å². The van der Waals surface area contributed by atoms with Gasteiger partial charge in [-0.25, -0.2) is 0 Å². The van der Waals surface area contributed by atoms with Gasteiger partial charge in [0.25, 0.3) is 0 Å². The van der Waals surface area contributed by atoms with Crippen LogP contribution in [0.2, 0.25) is 0 Å². The summed E-state index contributed by atoms with van der Waals surface area (Å²) < 4.78 is 0. The quantitative estimate of drug-likeness (QED) is 0.468. The zero-order chi connectivity index (χ0) is 13.8. The highest BCUT2D eigenvalue weighted by Gasteiger charge is 2.16. The van der Waals surface area contributed by atoms with Gasteiger partial charge in [-0.1, -0.05) is 12.8 Å². The average Bonchev–Trinajstić information content (AvgIpc) is 2.36. The predicted octanol–water partition coefficient (Wildman–Crippen LogP) is 0.420. The number of nitrogens with two attached hydrogens (primary N) is 3. The lowest BCUT2D eigenvalue weighted by atomic mass is 10.2. The van der Waals surface area contributed by atoms with Crippen LogP contribution in [-0.2, 0) is 4.79 Å². The molecule has 18 heavy (non-hydrogen) atoms. The lowest BCUT2D eigenvalue weighted by molar-refractivity contribution is -0.132. The van der Waals surface area contributed by atoms with Crippen LogP contribution in [0.3, 0.4) is 0 Å². The molecular weight excluding hydrogens is 228 g/mol. The van der Waals surface area contributed by atoms with Gasteiger partial charge < -0.3 is 22.1 Å². The second-order valence-electron chi connectivity index (χ2n) is 4.81. The SMILES string of the molecule is C[C@@H](N)C(=O)N(CCCCCN)CCCCCN. The van der Waals surface area contributed by atoms with Gasteiger partial charge in [0.1, 0.15) is 0 Å². The smallest absolute Gasteiger partial charge is 0.239 e. The Bertz CT molecular complexity index is 197. The third kappa shape index (κ3) is 8.44. The van der Waals surface area contributed by atoms with Crippen LogP contribution >= 0.6 is 0 Å². The lowest BCUT2D eigenvalue weighted by Gasteiger charge is -2.24. The molecule has 0 saturated carbocycles. The molecule has 5 nitrogen and oxygen atoms in total. The highest BCUT2D eigenvalue weighted by molar-refractivity contribution is 5.81. The van der Waals surface area contributed by atoms with Gasteiger partial charge in [-0.2, -0.15) is 0 Å². The molecule has 0 aromatic heterocycles. The number of carbonyl (C=O) groups excluding carboxylic acids is 1. The number of amides is 1. The number of hydrogen-bond acceptors (Lipinski definition) is 4. The second-order valence-corrected chi connectivity index (χ2v) is 4.81. The van der Waals surface area contributed by atoms with Crippen molar-refractivity contribution >= 4 is 5.91 Å². The van der Waals surface area contributed by atoms with Gasteiger partial charge in [-0.15, -0.1) is 0 Å². The molecule has 6 N–H and O–H groups in total. The van der Waals surface area contributed by atoms with E-state index in [9.17, 15) is 4.79 Å². The summed E-state index contributed by atoms with van der Waals surface area (Å²) in [4.78, 5) is 13.8. The number of unbranched alkanes of at least 4 members (excludes halogenated alkanes) is 4. The monoisotopic (exact) mass is 258 g/mol. The highest BCUT2D eigenvalue weighted by atomic mass is 16.2. The Morgan fingerprint density at radius 1 is 0.944 bits per heavy atom. The molecule has 0 aromatic carbocycles. The molecule has 0 aliphatic rings. The molecule has 0 spiro atoms. The summed E-state index contributed by atoms with van der Waals surface area (Å²) in [5.74, 6) is 0.0514. The van der Waals surface area contributed by atoms with Crippen LogP contribution in [0, 0.1) is 0 Å². The summed E-state index contributed by atoms with van der Waals surface area (Å²) in [6.45, 7) is 4.77. The molecule has 0 heterocycles. The van der Waals surface area contributed by atoms with Crippen molar-refractivity contribution in [3.63, 3.8) is 0 Å². The van der Waals surface area contributed by atoms with Gasteiger partial charge in [-0.05, 0) is 45.7 Å². The maximum absolute atomic E-state index is 11.9. The fourth-order valence-corrected chi connectivity index (χ4v) is 1.87. The third-order valence-corrected chi connectivity index (χ3v) is 2.97. The fraction of sp³-hybridized carbons (Fsp3) is 0.923. The summed E-state index contributed by atoms with van der Waals surface area (Å²) in [6, 6.07) is -0.408. The average molecular weight is 258 g/mol. The van der Waals surface area contributed by atoms with E-state index in [0.29, 0.717) is 0 Å². The van der Waals surface area contributed by atoms with Crippen LogP contribution < -0.4 is 17.2 Å². The van der Waals surface area contributed by atoms with Crippen molar-refractivity contribution in [3.05, 3.63) is 0 Å². The van der Waals surface area contributed by atoms with Crippen LogP contribution in [-0.4, -0.2) is 43.0 Å². The van der Waals surface area contributed by atoms with Crippen molar-refractivity contribution in [1.82, 2.24) is 4.90 Å². The van der Waals surface area contributed by atoms with Crippen LogP contribution in [0.5, 0.6) is 0 Å². The molecule has 0 aliphatic carbocycles. The number of nitrogens with zero attached hydrogens (tertiary/aromatic N) is 1. The van der Waals surface area contributed by atoms with E-state index in [1.165, 1.54) is 0 Å². The Hall–Kier alpha value is -0.650. The topological polar surface area (TPSA) is 98.4 Å². The first-order chi connectivity index (χ1) is 8.63. The first kappa shape index (κ1) is 17.4. The van der Waals surface area contributed by atoms with Gasteiger partial charge in [0.2, 0.25) is 5.91 Å². The minimum atomic E-state index is -0.408. The molecule has 0 radical (unpaired) electrons. The summed E-state index contributed by atoms with van der Waals surface area (Å²) in [6.07, 6.45) is 6.20. The van der Waals surface area contributed by atoms with Crippen molar-refractivity contribution in [2.24, 2.45) is 17.2 Å². The number of rotatable bonds is 11. The maximum Gasteiger partial charge on any atom is 0.239 e. The van der Waals surface area contributed by atoms with E-state index in [-0.39, 0.29) is 5.91 Å². The number of hydrogen-bond donors (Lipinski definition) is 3. The van der Waals surface area contributed by atoms with E-state index in [1.54, 1.807) is 6.92 Å². The highest BCUT2D eigenvalue weighted by Crippen LogP contribution is 2.04. The van der Waals surface area contributed by atoms with Crippen LogP contribution in [0.1, 0.15) is 45.4 Å². The molecule has 0 bridgehead atoms. The van der Waals surface area contributed by atoms with E-state index < -0.39 is 6.04 Å². The molecule has 0 aromatic rings. The predicted molar refractivity (Wildman–Crippen MR) is 76.0 cm³/mol. The summed E-state index contributed by atoms with van der Waals surface area (Å²) in [7, 11) is 0. The molecular formula is C13H30N4O. The van der Waals surface area contributed by atoms with E-state index in [1.807, 2.05) is 4.90 Å². The molecule has 0 saturated heterocycles. The van der Waals surface area contributed by atoms with E-state index >= 15 is 0 Å². The van der Waals surface area contributed by atoms with Gasteiger partial charge >= 0.3 is 0 Å². The molecule has 108 valence electrons. The van der Waals surface area contributed by atoms with Crippen molar-refractivity contribution in [2.45, 2.75) is 51.5 Å². The molecule has 0 fully saturated rings. The fourth-order valence-electron chi connectivity index (χ4n) is 1.87. The molecule has 0 unspecified atom stereocenters. The largest absolute Gasteiger partial charge is 0.341 e. The van der Waals surface area contributed by atoms with Crippen LogP contribution in [0.25, 0.3) is 0 Å². The Kier molecular flexibility index (Phi) is 11.0. The van der Waals surface area contributed by atoms with Gasteiger partial charge in [0, 0.05) is 13.1 Å². The summed E-state index contributed by atoms with van der Waals surface area (Å²) in [5, 5.41) is 0. The Morgan fingerprint density at radius 3 is 1.72 bits per heavy atom. The Morgan fingerprint density at radius 2 is 1.39 bits per heavy atom. The Labute approximate surface area is 111 Å². The summed E-state index contributed by atoms with van der Waals surface area (Å²) >= 11 is 0. The maximum atomic E-state index is 11.9. The Balaban J connectivity index is 3.96. The van der Waals surface area contributed by atoms with Gasteiger partial charge in [-0.3, -0.25) is 4.79 Å². The molecule has 1 amide bonds. The first-order valence-electron chi connectivity index (χ1n) is 7.08. The third-order valence-electron chi connectivity index (χ3n) is 2.97. The van der Waals surface area contributed by atoms with E-state index in [2.05, 4.69) is 0 Å². The summed E-state index contributed by atoms with van der Waals surface area (Å²) in [5.41, 5.74) is 16.6. The van der Waals surface area contributed by atoms with Gasteiger partial charge in [0.05, 0.1) is 6.04 Å². The van der Waals surface area contributed by atoms with Crippen molar-refractivity contribution in [1.29, 1.82) is 0 Å². The zero-order valence-electron chi connectivity index (χ0n) is 11.7. The zero-order valence-corrected chi connectivity index (χ0v) is 11.7. The van der Waals surface area contributed by atoms with Crippen LogP contribution in [0.15, 0.2) is 0 Å². The molecule has 1 atom stereocenters. The molecule has 5 heteroatoms. The van der Waals surface area contributed by atoms with Crippen molar-refractivity contribution in [3.8, 4) is 0 Å². The first-order valence-corrected chi connectivity index (χ1v) is 7.08. The molecule has 0 aliphatic heterocycles. The van der Waals surface area contributed by atoms with Crippen molar-refractivity contribution in [2.75, 3.05) is 26.2 Å². The number of carbonyl (C=O) groups is 1. The second kappa shape index (κ2) is 11.4. The normalized spacial score (nSPS) is 12.4. The van der Waals surface area contributed by atoms with Crippen LogP contribution in [0.4, 0.5) is 0 Å². The van der Waals surface area contributed by atoms with Gasteiger partial charge in [0.15, 0.2) is 0 Å². The molecule has 0 rings (SSSR count). The lowest BCUT2D eigenvalue weighted by Crippen LogP contribution is -2.43. The minimum Gasteiger partial charge on any atom is -0.341 e. The van der Waals surface area contributed by atoms with Crippen molar-refractivity contribution < 1.29 is 4.79 Å². The minimum absolute atomic E-state index is 0.0514. The standard InChI is InChI=1S/C13H30N4O/c1-12(16)13(18)17(10-6-2-4-8-14)11-7-3-5-9-15/h12H,2-11,14-16H2,1H3/t12-/m1/s1. The van der Waals surface area contributed by atoms with E-state index in [0.717, 1.165) is 64.7 Å².